The van der Waals surface area contributed by atoms with E-state index in [2.05, 4.69) is 22.0 Å². The van der Waals surface area contributed by atoms with Crippen molar-refractivity contribution in [3.05, 3.63) is 0 Å². The number of aliphatic imine (C=N–C) groups is 1. The van der Waals surface area contributed by atoms with Gasteiger partial charge < -0.3 is 24.8 Å². The van der Waals surface area contributed by atoms with Gasteiger partial charge in [0.15, 0.2) is 5.96 Å². The van der Waals surface area contributed by atoms with E-state index in [1.54, 1.807) is 0 Å². The summed E-state index contributed by atoms with van der Waals surface area (Å²) in [6, 6.07) is 0.879. The van der Waals surface area contributed by atoms with Crippen LogP contribution in [0.15, 0.2) is 4.99 Å². The van der Waals surface area contributed by atoms with Crippen molar-refractivity contribution < 1.29 is 9.53 Å². The number of nitrogens with zero attached hydrogens (tertiary/aromatic N) is 4. The first-order chi connectivity index (χ1) is 14.8. The number of halogens is 1. The zero-order valence-electron chi connectivity index (χ0n) is 20.9. The lowest BCUT2D eigenvalue weighted by Crippen LogP contribution is -2.48. The van der Waals surface area contributed by atoms with Gasteiger partial charge in [-0.1, -0.05) is 0 Å². The smallest absolute Gasteiger partial charge is 0.410 e. The molecule has 1 saturated carbocycles. The molecule has 32 heavy (non-hydrogen) atoms. The summed E-state index contributed by atoms with van der Waals surface area (Å²) in [5.41, 5.74) is -0.444. The molecule has 1 unspecified atom stereocenters. The maximum atomic E-state index is 12.5. The molecule has 0 radical (unpaired) electrons. The van der Waals surface area contributed by atoms with Crippen LogP contribution in [-0.4, -0.2) is 90.8 Å². The van der Waals surface area contributed by atoms with Crippen molar-refractivity contribution in [2.45, 2.75) is 78.4 Å². The van der Waals surface area contributed by atoms with Crippen molar-refractivity contribution in [3.8, 4) is 0 Å². The molecule has 7 nitrogen and oxygen atoms in total. The molecular weight excluding hydrogens is 517 g/mol. The largest absolute Gasteiger partial charge is 0.444 e. The highest BCUT2D eigenvalue weighted by molar-refractivity contribution is 14.0. The molecule has 186 valence electrons. The summed E-state index contributed by atoms with van der Waals surface area (Å²) in [4.78, 5) is 24.4. The number of likely N-dealkylation sites (tertiary alicyclic amines) is 2. The van der Waals surface area contributed by atoms with Gasteiger partial charge in [0.1, 0.15) is 5.60 Å². The molecule has 8 heteroatoms. The number of piperidine rings is 1. The number of carbonyl (C=O) groups excluding carboxylic acids is 1. The molecule has 0 aromatic heterocycles. The molecule has 2 saturated heterocycles. The Balaban J connectivity index is 0.00000363. The van der Waals surface area contributed by atoms with Crippen LogP contribution >= 0.6 is 24.0 Å². The topological polar surface area (TPSA) is 60.4 Å². The number of carbonyl (C=O) groups is 1. The maximum Gasteiger partial charge on any atom is 0.410 e. The molecule has 0 spiro atoms. The van der Waals surface area contributed by atoms with Crippen LogP contribution in [0, 0.1) is 11.8 Å². The fourth-order valence-corrected chi connectivity index (χ4v) is 4.72. The van der Waals surface area contributed by atoms with Gasteiger partial charge in [0.2, 0.25) is 0 Å². The van der Waals surface area contributed by atoms with Gasteiger partial charge in [0.05, 0.1) is 0 Å². The van der Waals surface area contributed by atoms with Gasteiger partial charge in [-0.05, 0) is 85.1 Å². The van der Waals surface area contributed by atoms with Crippen LogP contribution in [-0.2, 0) is 4.74 Å². The summed E-state index contributed by atoms with van der Waals surface area (Å²) in [5.74, 6) is 2.30. The Morgan fingerprint density at radius 2 is 1.72 bits per heavy atom. The Morgan fingerprint density at radius 1 is 1.06 bits per heavy atom. The van der Waals surface area contributed by atoms with E-state index in [4.69, 9.17) is 9.73 Å². The molecule has 3 fully saturated rings. The van der Waals surface area contributed by atoms with Gasteiger partial charge >= 0.3 is 6.09 Å². The van der Waals surface area contributed by atoms with Gasteiger partial charge in [-0.2, -0.15) is 0 Å². The summed E-state index contributed by atoms with van der Waals surface area (Å²) in [5, 5.41) is 3.51. The lowest BCUT2D eigenvalue weighted by Gasteiger charge is -2.36. The third kappa shape index (κ3) is 8.54. The Bertz CT molecular complexity index is 612. The highest BCUT2D eigenvalue weighted by atomic mass is 127. The zero-order chi connectivity index (χ0) is 22.4. The first kappa shape index (κ1) is 27.5. The fraction of sp³-hybridized carbons (Fsp3) is 0.917. The lowest BCUT2D eigenvalue weighted by molar-refractivity contribution is 0.0214. The minimum absolute atomic E-state index is 0. The fourth-order valence-electron chi connectivity index (χ4n) is 4.72. The van der Waals surface area contributed by atoms with Crippen LogP contribution in [0.2, 0.25) is 0 Å². The number of amides is 1. The second-order valence-electron chi connectivity index (χ2n) is 10.5. The first-order valence-corrected chi connectivity index (χ1v) is 12.5. The van der Waals surface area contributed by atoms with Crippen LogP contribution in [0.4, 0.5) is 4.79 Å². The molecule has 1 atom stereocenters. The molecule has 0 aromatic rings. The van der Waals surface area contributed by atoms with Gasteiger partial charge in [-0.3, -0.25) is 4.99 Å². The van der Waals surface area contributed by atoms with Crippen molar-refractivity contribution >= 4 is 36.0 Å². The maximum absolute atomic E-state index is 12.5. The monoisotopic (exact) mass is 563 g/mol. The summed E-state index contributed by atoms with van der Waals surface area (Å²) >= 11 is 0. The molecule has 0 bridgehead atoms. The molecular formula is C24H46IN5O2. The Hall–Kier alpha value is -0.770. The van der Waals surface area contributed by atoms with Crippen LogP contribution in [0.25, 0.3) is 0 Å². The van der Waals surface area contributed by atoms with Crippen LogP contribution in [0.3, 0.4) is 0 Å². The lowest BCUT2D eigenvalue weighted by atomic mass is 9.96. The summed E-state index contributed by atoms with van der Waals surface area (Å²) in [6.07, 6.45) is 6.07. The van der Waals surface area contributed by atoms with E-state index >= 15 is 0 Å². The van der Waals surface area contributed by atoms with E-state index in [-0.39, 0.29) is 30.1 Å². The quantitative estimate of drug-likeness (QED) is 0.288. The van der Waals surface area contributed by atoms with E-state index in [1.807, 2.05) is 32.6 Å². The van der Waals surface area contributed by atoms with Crippen LogP contribution < -0.4 is 5.32 Å². The summed E-state index contributed by atoms with van der Waals surface area (Å²) < 4.78 is 5.57. The molecule has 3 aliphatic rings. The van der Waals surface area contributed by atoms with Gasteiger partial charge in [-0.25, -0.2) is 4.79 Å². The third-order valence-electron chi connectivity index (χ3n) is 6.64. The van der Waals surface area contributed by atoms with Crippen molar-refractivity contribution in [2.75, 3.05) is 52.4 Å². The van der Waals surface area contributed by atoms with Gasteiger partial charge in [0, 0.05) is 51.9 Å². The second-order valence-corrected chi connectivity index (χ2v) is 10.5. The van der Waals surface area contributed by atoms with Crippen molar-refractivity contribution in [2.24, 2.45) is 16.8 Å². The van der Waals surface area contributed by atoms with Gasteiger partial charge in [-0.15, -0.1) is 24.0 Å². The molecule has 3 rings (SSSR count). The molecule has 1 aliphatic carbocycles. The highest BCUT2D eigenvalue weighted by Gasteiger charge is 2.34. The Kier molecular flexibility index (Phi) is 10.8. The zero-order valence-corrected chi connectivity index (χ0v) is 23.3. The number of nitrogens with one attached hydrogen (secondary N) is 1. The van der Waals surface area contributed by atoms with Gasteiger partial charge in [0.25, 0.3) is 0 Å². The molecule has 0 aromatic carbocycles. The van der Waals surface area contributed by atoms with E-state index in [9.17, 15) is 4.79 Å². The third-order valence-corrected chi connectivity index (χ3v) is 6.64. The predicted octanol–water partition coefficient (Wildman–Crippen LogP) is 4.02. The van der Waals surface area contributed by atoms with E-state index in [0.717, 1.165) is 57.6 Å². The minimum Gasteiger partial charge on any atom is -0.444 e. The minimum atomic E-state index is -0.444. The molecule has 1 amide bonds. The summed E-state index contributed by atoms with van der Waals surface area (Å²) in [7, 11) is 0. The van der Waals surface area contributed by atoms with Crippen molar-refractivity contribution in [1.29, 1.82) is 0 Å². The number of hydrogen-bond donors (Lipinski definition) is 1. The standard InChI is InChI=1S/C24H45N5O2.HI/c1-6-25-22(26-16-20-12-15-29(18-20)21-8-9-21)28-13-10-19(11-14-28)17-27(7-2)23(30)31-24(3,4)5;/h19-21H,6-18H2,1-5H3,(H,25,26);1H. The molecule has 1 N–H and O–H groups in total. The van der Waals surface area contributed by atoms with Crippen LogP contribution in [0.5, 0.6) is 0 Å². The predicted molar refractivity (Wildman–Crippen MR) is 142 cm³/mol. The second kappa shape index (κ2) is 12.6. The van der Waals surface area contributed by atoms with Crippen molar-refractivity contribution in [1.82, 2.24) is 20.0 Å². The highest BCUT2D eigenvalue weighted by Crippen LogP contribution is 2.31. The van der Waals surface area contributed by atoms with E-state index < -0.39 is 5.60 Å². The normalized spacial score (nSPS) is 23.1. The number of ether oxygens (including phenoxy) is 1. The van der Waals surface area contributed by atoms with Crippen molar-refractivity contribution in [3.63, 3.8) is 0 Å². The number of rotatable bonds is 7. The average molecular weight is 564 g/mol. The molecule has 2 aliphatic heterocycles. The average Bonchev–Trinajstić information content (AvgIpc) is 3.46. The van der Waals surface area contributed by atoms with Crippen LogP contribution in [0.1, 0.15) is 66.7 Å². The first-order valence-electron chi connectivity index (χ1n) is 12.5. The Morgan fingerprint density at radius 3 is 2.28 bits per heavy atom. The summed E-state index contributed by atoms with van der Waals surface area (Å²) in [6.45, 7) is 17.8. The van der Waals surface area contributed by atoms with E-state index in [0.29, 0.717) is 18.4 Å². The molecule has 2 heterocycles. The number of hydrogen-bond acceptors (Lipinski definition) is 4. The van der Waals surface area contributed by atoms with E-state index in [1.165, 1.54) is 32.4 Å². The number of guanidine groups is 1. The SMILES string of the molecule is CCNC(=NCC1CCN(C2CC2)C1)N1CCC(CN(CC)C(=O)OC(C)(C)C)CC1.I. The Labute approximate surface area is 212 Å².